The van der Waals surface area contributed by atoms with Crippen LogP contribution in [0.4, 0.5) is 5.69 Å². The van der Waals surface area contributed by atoms with Crippen LogP contribution < -0.4 is 10.5 Å². The summed E-state index contributed by atoms with van der Waals surface area (Å²) in [6.07, 6.45) is 0. The molecule has 98 valence electrons. The molecule has 0 aliphatic heterocycles. The van der Waals surface area contributed by atoms with Crippen molar-refractivity contribution >= 4 is 11.5 Å². The summed E-state index contributed by atoms with van der Waals surface area (Å²) in [7, 11) is 0. The van der Waals surface area contributed by atoms with E-state index in [9.17, 15) is 4.79 Å². The van der Waals surface area contributed by atoms with Gasteiger partial charge in [0.05, 0.1) is 0 Å². The minimum absolute atomic E-state index is 0.0322. The lowest BCUT2D eigenvalue weighted by atomic mass is 10.0. The lowest BCUT2D eigenvalue weighted by molar-refractivity contribution is 0.101. The third-order valence-electron chi connectivity index (χ3n) is 3.08. The van der Waals surface area contributed by atoms with E-state index in [1.54, 1.807) is 12.1 Å². The molecule has 0 aliphatic carbocycles. The van der Waals surface area contributed by atoms with Crippen LogP contribution in [0.15, 0.2) is 42.5 Å². The van der Waals surface area contributed by atoms with Crippen LogP contribution in [0.2, 0.25) is 0 Å². The van der Waals surface area contributed by atoms with Crippen LogP contribution in [0, 0.1) is 6.92 Å². The molecule has 0 fully saturated rings. The Bertz CT molecular complexity index is 591. The van der Waals surface area contributed by atoms with E-state index < -0.39 is 0 Å². The Morgan fingerprint density at radius 1 is 1.16 bits per heavy atom. The summed E-state index contributed by atoms with van der Waals surface area (Å²) in [6, 6.07) is 13.4. The maximum Gasteiger partial charge on any atom is 0.161 e. The van der Waals surface area contributed by atoms with Crippen molar-refractivity contribution in [2.24, 2.45) is 0 Å². The van der Waals surface area contributed by atoms with Crippen molar-refractivity contribution in [2.75, 3.05) is 5.73 Å². The molecule has 0 aliphatic rings. The van der Waals surface area contributed by atoms with E-state index in [1.165, 1.54) is 6.92 Å². The molecule has 2 aromatic rings. The lowest BCUT2D eigenvalue weighted by Gasteiger charge is -2.13. The number of benzene rings is 2. The van der Waals surface area contributed by atoms with Gasteiger partial charge in [-0.2, -0.15) is 0 Å². The topological polar surface area (TPSA) is 52.3 Å². The van der Waals surface area contributed by atoms with E-state index in [0.29, 0.717) is 23.6 Å². The Kier molecular flexibility index (Phi) is 3.85. The molecule has 2 rings (SSSR count). The molecule has 3 nitrogen and oxygen atoms in total. The Hall–Kier alpha value is -2.29. The highest BCUT2D eigenvalue weighted by atomic mass is 16.5. The largest absolute Gasteiger partial charge is 0.489 e. The summed E-state index contributed by atoms with van der Waals surface area (Å²) in [6.45, 7) is 3.86. The zero-order chi connectivity index (χ0) is 13.8. The van der Waals surface area contributed by atoms with Gasteiger partial charge in [0.2, 0.25) is 0 Å². The molecule has 0 saturated heterocycles. The smallest absolute Gasteiger partial charge is 0.161 e. The lowest BCUT2D eigenvalue weighted by Crippen LogP contribution is -2.04. The molecular weight excluding hydrogens is 238 g/mol. The molecule has 0 saturated carbocycles. The zero-order valence-corrected chi connectivity index (χ0v) is 11.1. The van der Waals surface area contributed by atoms with Crippen molar-refractivity contribution in [3.63, 3.8) is 0 Å². The van der Waals surface area contributed by atoms with Crippen LogP contribution in [0.25, 0.3) is 0 Å². The van der Waals surface area contributed by atoms with Crippen LogP contribution >= 0.6 is 0 Å². The molecule has 19 heavy (non-hydrogen) atoms. The van der Waals surface area contributed by atoms with E-state index in [1.807, 2.05) is 37.3 Å². The van der Waals surface area contributed by atoms with Crippen molar-refractivity contribution in [2.45, 2.75) is 20.5 Å². The van der Waals surface area contributed by atoms with E-state index in [-0.39, 0.29) is 5.78 Å². The Balaban J connectivity index is 2.18. The number of ketones is 1. The highest BCUT2D eigenvalue weighted by Gasteiger charge is 2.11. The summed E-state index contributed by atoms with van der Waals surface area (Å²) in [5, 5.41) is 0. The number of ether oxygens (including phenoxy) is 1. The number of Topliss-reactive ketones (excluding diaryl/α,β-unsaturated/α-hetero) is 1. The molecule has 2 aromatic carbocycles. The van der Waals surface area contributed by atoms with E-state index in [2.05, 4.69) is 0 Å². The minimum Gasteiger partial charge on any atom is -0.489 e. The Morgan fingerprint density at radius 2 is 1.84 bits per heavy atom. The predicted octanol–water partition coefficient (Wildman–Crippen LogP) is 3.36. The van der Waals surface area contributed by atoms with Crippen LogP contribution in [0.5, 0.6) is 5.75 Å². The second kappa shape index (κ2) is 5.57. The van der Waals surface area contributed by atoms with Gasteiger partial charge in [0.1, 0.15) is 12.4 Å². The van der Waals surface area contributed by atoms with E-state index in [4.69, 9.17) is 10.5 Å². The average Bonchev–Trinajstić information content (AvgIpc) is 2.41. The monoisotopic (exact) mass is 255 g/mol. The molecule has 0 aromatic heterocycles. The second-order valence-electron chi connectivity index (χ2n) is 4.48. The maximum atomic E-state index is 11.4. The normalized spacial score (nSPS) is 10.2. The van der Waals surface area contributed by atoms with Gasteiger partial charge in [0, 0.05) is 16.8 Å². The summed E-state index contributed by atoms with van der Waals surface area (Å²) < 4.78 is 5.75. The summed E-state index contributed by atoms with van der Waals surface area (Å²) >= 11 is 0. The van der Waals surface area contributed by atoms with Gasteiger partial charge < -0.3 is 10.5 Å². The number of hydrogen-bond acceptors (Lipinski definition) is 3. The van der Waals surface area contributed by atoms with Gasteiger partial charge in [-0.1, -0.05) is 30.3 Å². The Morgan fingerprint density at radius 3 is 2.47 bits per heavy atom. The maximum absolute atomic E-state index is 11.4. The van der Waals surface area contributed by atoms with Gasteiger partial charge in [-0.05, 0) is 31.5 Å². The number of nitrogens with two attached hydrogens (primary N) is 1. The summed E-state index contributed by atoms with van der Waals surface area (Å²) in [4.78, 5) is 11.4. The van der Waals surface area contributed by atoms with Crippen molar-refractivity contribution in [1.29, 1.82) is 0 Å². The van der Waals surface area contributed by atoms with Crippen molar-refractivity contribution in [3.05, 3.63) is 59.2 Å². The Labute approximate surface area is 113 Å². The highest BCUT2D eigenvalue weighted by Crippen LogP contribution is 2.27. The van der Waals surface area contributed by atoms with Gasteiger partial charge >= 0.3 is 0 Å². The van der Waals surface area contributed by atoms with Crippen LogP contribution in [0.1, 0.15) is 28.4 Å². The molecule has 0 bridgehead atoms. The third-order valence-corrected chi connectivity index (χ3v) is 3.08. The van der Waals surface area contributed by atoms with Crippen LogP contribution in [-0.2, 0) is 6.61 Å². The molecular formula is C16H17NO2. The number of nitrogen functional groups attached to an aromatic ring is 1. The first-order chi connectivity index (χ1) is 9.09. The molecule has 0 unspecified atom stereocenters. The van der Waals surface area contributed by atoms with Gasteiger partial charge in [-0.15, -0.1) is 0 Å². The highest BCUT2D eigenvalue weighted by molar-refractivity contribution is 6.00. The van der Waals surface area contributed by atoms with Crippen molar-refractivity contribution in [3.8, 4) is 5.75 Å². The fraction of sp³-hybridized carbons (Fsp3) is 0.188. The van der Waals surface area contributed by atoms with Gasteiger partial charge in [-0.25, -0.2) is 0 Å². The zero-order valence-electron chi connectivity index (χ0n) is 11.1. The first-order valence-electron chi connectivity index (χ1n) is 6.16. The van der Waals surface area contributed by atoms with Gasteiger partial charge in [0.25, 0.3) is 0 Å². The number of carbonyl (C=O) groups excluding carboxylic acids is 1. The van der Waals surface area contributed by atoms with Gasteiger partial charge in [0.15, 0.2) is 5.78 Å². The fourth-order valence-corrected chi connectivity index (χ4v) is 1.91. The minimum atomic E-state index is -0.0322. The van der Waals surface area contributed by atoms with E-state index >= 15 is 0 Å². The summed E-state index contributed by atoms with van der Waals surface area (Å²) in [5.41, 5.74) is 8.90. The second-order valence-corrected chi connectivity index (χ2v) is 4.48. The van der Waals surface area contributed by atoms with Gasteiger partial charge in [-0.3, -0.25) is 4.79 Å². The molecule has 0 heterocycles. The first kappa shape index (κ1) is 13.1. The standard InChI is InChI=1S/C16H17NO2/c1-11-15(9-8-14(12(2)18)16(11)17)19-10-13-6-4-3-5-7-13/h3-9H,10,17H2,1-2H3. The van der Waals surface area contributed by atoms with Crippen LogP contribution in [0.3, 0.4) is 0 Å². The van der Waals surface area contributed by atoms with Crippen LogP contribution in [-0.4, -0.2) is 5.78 Å². The number of carbonyl (C=O) groups is 1. The molecule has 0 spiro atoms. The predicted molar refractivity (Wildman–Crippen MR) is 76.4 cm³/mol. The number of rotatable bonds is 4. The quantitative estimate of drug-likeness (QED) is 0.673. The molecule has 0 amide bonds. The SMILES string of the molecule is CC(=O)c1ccc(OCc2ccccc2)c(C)c1N. The van der Waals surface area contributed by atoms with Crippen molar-refractivity contribution < 1.29 is 9.53 Å². The average molecular weight is 255 g/mol. The molecule has 3 heteroatoms. The first-order valence-corrected chi connectivity index (χ1v) is 6.16. The molecule has 0 radical (unpaired) electrons. The fourth-order valence-electron chi connectivity index (χ4n) is 1.91. The number of hydrogen-bond donors (Lipinski definition) is 1. The molecule has 0 atom stereocenters. The molecule has 2 N–H and O–H groups in total. The van der Waals surface area contributed by atoms with E-state index in [0.717, 1.165) is 11.1 Å². The van der Waals surface area contributed by atoms with Crippen molar-refractivity contribution in [1.82, 2.24) is 0 Å². The summed E-state index contributed by atoms with van der Waals surface area (Å²) in [5.74, 6) is 0.682. The third kappa shape index (κ3) is 2.94. The number of anilines is 1.